The van der Waals surface area contributed by atoms with Gasteiger partial charge in [-0.15, -0.1) is 0 Å². The molecule has 2 amide bonds. The van der Waals surface area contributed by atoms with E-state index in [1.165, 1.54) is 5.56 Å². The summed E-state index contributed by atoms with van der Waals surface area (Å²) in [6.45, 7) is 7.78. The van der Waals surface area contributed by atoms with E-state index in [1.807, 2.05) is 24.0 Å². The van der Waals surface area contributed by atoms with E-state index in [0.717, 1.165) is 36.2 Å². The topological polar surface area (TPSA) is 104 Å². The van der Waals surface area contributed by atoms with E-state index in [-0.39, 0.29) is 36.2 Å². The van der Waals surface area contributed by atoms with E-state index < -0.39 is 0 Å². The van der Waals surface area contributed by atoms with Crippen LogP contribution in [0.2, 0.25) is 0 Å². The fraction of sp³-hybridized carbons (Fsp3) is 0.550. The Morgan fingerprint density at radius 2 is 2.19 bits per heavy atom. The number of aryl methyl sites for hydroxylation is 1. The predicted molar refractivity (Wildman–Crippen MR) is 105 cm³/mol. The van der Waals surface area contributed by atoms with Crippen molar-refractivity contribution in [1.29, 1.82) is 0 Å². The molecule has 146 valence electrons. The molecule has 3 rings (SSSR count). The Morgan fingerprint density at radius 3 is 2.89 bits per heavy atom. The number of H-pyrrole nitrogens is 1. The number of fused-ring (bicyclic) bond motifs is 1. The number of carbonyl (C=O) groups is 2. The number of nitrogens with one attached hydrogen (secondary N) is 2. The van der Waals surface area contributed by atoms with Crippen molar-refractivity contribution in [2.45, 2.75) is 39.7 Å². The minimum atomic E-state index is -0.353. The molecule has 4 N–H and O–H groups in total. The van der Waals surface area contributed by atoms with E-state index >= 15 is 0 Å². The Morgan fingerprint density at radius 1 is 1.41 bits per heavy atom. The summed E-state index contributed by atoms with van der Waals surface area (Å²) in [5.41, 5.74) is 8.35. The molecule has 1 fully saturated rings. The first kappa shape index (κ1) is 19.4. The molecular weight excluding hydrogens is 342 g/mol. The van der Waals surface area contributed by atoms with E-state index in [9.17, 15) is 9.59 Å². The van der Waals surface area contributed by atoms with Crippen LogP contribution in [0.15, 0.2) is 18.2 Å². The standard InChI is InChI=1S/C20H29N5O2/c1-12(2)18(19-22-15-7-6-13(3)9-16(15)23-19)24-20(27)14-5-4-8-25(10-14)11-17(21)26/h6-7,9,12,14,18H,4-5,8,10-11H2,1-3H3,(H2,21,26)(H,22,23)(H,24,27). The van der Waals surface area contributed by atoms with Crippen LogP contribution >= 0.6 is 0 Å². The number of hydrogen-bond donors (Lipinski definition) is 3. The highest BCUT2D eigenvalue weighted by Gasteiger charge is 2.30. The quantitative estimate of drug-likeness (QED) is 0.721. The van der Waals surface area contributed by atoms with Crippen LogP contribution in [-0.2, 0) is 9.59 Å². The zero-order chi connectivity index (χ0) is 19.6. The average Bonchev–Trinajstić information content (AvgIpc) is 3.01. The third-order valence-electron chi connectivity index (χ3n) is 5.17. The Hall–Kier alpha value is -2.41. The molecule has 0 bridgehead atoms. The number of benzene rings is 1. The Balaban J connectivity index is 1.73. The van der Waals surface area contributed by atoms with Crippen LogP contribution in [0.25, 0.3) is 11.0 Å². The van der Waals surface area contributed by atoms with Crippen molar-refractivity contribution in [3.63, 3.8) is 0 Å². The van der Waals surface area contributed by atoms with Gasteiger partial charge in [-0.25, -0.2) is 4.98 Å². The van der Waals surface area contributed by atoms with Gasteiger partial charge in [-0.05, 0) is 49.9 Å². The molecule has 7 nitrogen and oxygen atoms in total. The first-order valence-electron chi connectivity index (χ1n) is 9.60. The number of nitrogens with zero attached hydrogens (tertiary/aromatic N) is 2. The zero-order valence-corrected chi connectivity index (χ0v) is 16.3. The molecule has 2 unspecified atom stereocenters. The molecule has 1 aliphatic rings. The molecule has 0 aliphatic carbocycles. The highest BCUT2D eigenvalue weighted by atomic mass is 16.2. The maximum atomic E-state index is 12.9. The molecule has 2 atom stereocenters. The van der Waals surface area contributed by atoms with Crippen LogP contribution in [-0.4, -0.2) is 46.3 Å². The summed E-state index contributed by atoms with van der Waals surface area (Å²) >= 11 is 0. The minimum absolute atomic E-state index is 0.0134. The van der Waals surface area contributed by atoms with Crippen LogP contribution in [0.4, 0.5) is 0 Å². The number of imidazole rings is 1. The van der Waals surface area contributed by atoms with Gasteiger partial charge < -0.3 is 16.0 Å². The van der Waals surface area contributed by atoms with Crippen LogP contribution in [0, 0.1) is 18.8 Å². The molecule has 0 saturated carbocycles. The van der Waals surface area contributed by atoms with Crippen LogP contribution < -0.4 is 11.1 Å². The lowest BCUT2D eigenvalue weighted by Crippen LogP contribution is -2.46. The summed E-state index contributed by atoms with van der Waals surface area (Å²) in [6, 6.07) is 5.91. The fourth-order valence-electron chi connectivity index (χ4n) is 3.75. The number of aromatic nitrogens is 2. The molecule has 1 saturated heterocycles. The second-order valence-electron chi connectivity index (χ2n) is 7.91. The summed E-state index contributed by atoms with van der Waals surface area (Å²) in [5.74, 6) is 0.504. The number of nitrogens with two attached hydrogens (primary N) is 1. The van der Waals surface area contributed by atoms with Gasteiger partial charge in [0, 0.05) is 6.54 Å². The molecule has 1 aromatic carbocycles. The number of aromatic amines is 1. The Bertz CT molecular complexity index is 829. The predicted octanol–water partition coefficient (Wildman–Crippen LogP) is 1.88. The fourth-order valence-corrected chi connectivity index (χ4v) is 3.75. The van der Waals surface area contributed by atoms with E-state index in [2.05, 4.69) is 35.2 Å². The summed E-state index contributed by atoms with van der Waals surface area (Å²) in [6.07, 6.45) is 1.72. The van der Waals surface area contributed by atoms with Crippen LogP contribution in [0.1, 0.15) is 44.1 Å². The Labute approximate surface area is 159 Å². The number of primary amides is 1. The molecular formula is C20H29N5O2. The summed E-state index contributed by atoms with van der Waals surface area (Å²) in [7, 11) is 0. The van der Waals surface area contributed by atoms with Gasteiger partial charge in [-0.1, -0.05) is 19.9 Å². The highest BCUT2D eigenvalue weighted by molar-refractivity contribution is 5.80. The van der Waals surface area contributed by atoms with Crippen molar-refractivity contribution < 1.29 is 9.59 Å². The van der Waals surface area contributed by atoms with Gasteiger partial charge >= 0.3 is 0 Å². The van der Waals surface area contributed by atoms with Crippen molar-refractivity contribution in [1.82, 2.24) is 20.2 Å². The van der Waals surface area contributed by atoms with Gasteiger partial charge in [0.1, 0.15) is 5.82 Å². The molecule has 1 aromatic heterocycles. The number of piperidine rings is 1. The summed E-state index contributed by atoms with van der Waals surface area (Å²) in [4.78, 5) is 34.1. The SMILES string of the molecule is Cc1ccc2nc(C(NC(=O)C3CCCN(CC(N)=O)C3)C(C)C)[nH]c2c1. The molecule has 7 heteroatoms. The second-order valence-corrected chi connectivity index (χ2v) is 7.91. The van der Waals surface area contributed by atoms with Gasteiger partial charge in [0.25, 0.3) is 0 Å². The molecule has 0 radical (unpaired) electrons. The van der Waals surface area contributed by atoms with Crippen molar-refractivity contribution in [3.8, 4) is 0 Å². The van der Waals surface area contributed by atoms with Crippen molar-refractivity contribution in [2.75, 3.05) is 19.6 Å². The van der Waals surface area contributed by atoms with Crippen LogP contribution in [0.3, 0.4) is 0 Å². The summed E-state index contributed by atoms with van der Waals surface area (Å²) in [5, 5.41) is 3.18. The molecule has 0 spiro atoms. The highest BCUT2D eigenvalue weighted by Crippen LogP contribution is 2.24. The van der Waals surface area contributed by atoms with E-state index in [4.69, 9.17) is 5.73 Å². The number of likely N-dealkylation sites (tertiary alicyclic amines) is 1. The lowest BCUT2D eigenvalue weighted by molar-refractivity contribution is -0.129. The van der Waals surface area contributed by atoms with Gasteiger partial charge in [0.2, 0.25) is 11.8 Å². The minimum Gasteiger partial charge on any atom is -0.369 e. The maximum absolute atomic E-state index is 12.9. The largest absolute Gasteiger partial charge is 0.369 e. The first-order chi connectivity index (χ1) is 12.8. The number of amides is 2. The summed E-state index contributed by atoms with van der Waals surface area (Å²) < 4.78 is 0. The number of carbonyl (C=O) groups excluding carboxylic acids is 2. The van der Waals surface area contributed by atoms with Crippen molar-refractivity contribution in [2.24, 2.45) is 17.6 Å². The lowest BCUT2D eigenvalue weighted by Gasteiger charge is -2.32. The Kier molecular flexibility index (Phi) is 5.79. The molecule has 27 heavy (non-hydrogen) atoms. The zero-order valence-electron chi connectivity index (χ0n) is 16.3. The van der Waals surface area contributed by atoms with E-state index in [1.54, 1.807) is 0 Å². The molecule has 2 heterocycles. The van der Waals surface area contributed by atoms with Gasteiger partial charge in [0.05, 0.1) is 29.5 Å². The lowest BCUT2D eigenvalue weighted by atomic mass is 9.95. The van der Waals surface area contributed by atoms with Gasteiger partial charge in [0.15, 0.2) is 0 Å². The van der Waals surface area contributed by atoms with Gasteiger partial charge in [-0.2, -0.15) is 0 Å². The van der Waals surface area contributed by atoms with E-state index in [0.29, 0.717) is 6.54 Å². The normalized spacial score (nSPS) is 19.3. The number of rotatable bonds is 6. The van der Waals surface area contributed by atoms with Crippen molar-refractivity contribution >= 4 is 22.8 Å². The first-order valence-corrected chi connectivity index (χ1v) is 9.60. The third-order valence-corrected chi connectivity index (χ3v) is 5.17. The van der Waals surface area contributed by atoms with Crippen LogP contribution in [0.5, 0.6) is 0 Å². The third kappa shape index (κ3) is 4.66. The molecule has 1 aliphatic heterocycles. The molecule has 2 aromatic rings. The smallest absolute Gasteiger partial charge is 0.231 e. The maximum Gasteiger partial charge on any atom is 0.231 e. The number of hydrogen-bond acceptors (Lipinski definition) is 4. The monoisotopic (exact) mass is 371 g/mol. The average molecular weight is 371 g/mol. The van der Waals surface area contributed by atoms with Gasteiger partial charge in [-0.3, -0.25) is 14.5 Å². The second kappa shape index (κ2) is 8.08. The van der Waals surface area contributed by atoms with Crippen molar-refractivity contribution in [3.05, 3.63) is 29.6 Å².